The van der Waals surface area contributed by atoms with Crippen molar-refractivity contribution in [1.82, 2.24) is 30.6 Å². The van der Waals surface area contributed by atoms with Gasteiger partial charge in [-0.15, -0.1) is 0 Å². The minimum absolute atomic E-state index is 0.0253. The molecule has 260 valence electrons. The summed E-state index contributed by atoms with van der Waals surface area (Å²) in [4.78, 5) is 46.0. The van der Waals surface area contributed by atoms with Gasteiger partial charge < -0.3 is 35.0 Å². The third kappa shape index (κ3) is 6.46. The van der Waals surface area contributed by atoms with Crippen LogP contribution in [0.25, 0.3) is 0 Å². The predicted molar refractivity (Wildman–Crippen MR) is 170 cm³/mol. The van der Waals surface area contributed by atoms with Crippen LogP contribution in [0.4, 0.5) is 30.8 Å². The Morgan fingerprint density at radius 2 is 1.73 bits per heavy atom. The van der Waals surface area contributed by atoms with Gasteiger partial charge in [-0.3, -0.25) is 4.79 Å². The average molecular weight is 683 g/mol. The monoisotopic (exact) mass is 682 g/mol. The molecule has 7 rings (SSSR count). The van der Waals surface area contributed by atoms with Crippen molar-refractivity contribution in [3.8, 4) is 5.75 Å². The van der Waals surface area contributed by atoms with Gasteiger partial charge in [0.1, 0.15) is 17.4 Å². The van der Waals surface area contributed by atoms with Crippen molar-refractivity contribution in [3.63, 3.8) is 0 Å². The van der Waals surface area contributed by atoms with Crippen LogP contribution in [0.3, 0.4) is 0 Å². The van der Waals surface area contributed by atoms with E-state index in [2.05, 4.69) is 35.5 Å². The molecule has 3 N–H and O–H groups in total. The summed E-state index contributed by atoms with van der Waals surface area (Å²) in [6.45, 7) is 3.39. The third-order valence-electron chi connectivity index (χ3n) is 10.1. The smallest absolute Gasteiger partial charge is 0.434 e. The number of hydrogen-bond acceptors (Lipinski definition) is 11. The lowest BCUT2D eigenvalue weighted by atomic mass is 9.76. The van der Waals surface area contributed by atoms with Gasteiger partial charge in [0.05, 0.1) is 5.56 Å². The van der Waals surface area contributed by atoms with Crippen molar-refractivity contribution in [2.75, 3.05) is 55.7 Å². The van der Waals surface area contributed by atoms with Gasteiger partial charge in [0.25, 0.3) is 5.91 Å². The molecule has 0 unspecified atom stereocenters. The molecule has 4 aliphatic heterocycles. The van der Waals surface area contributed by atoms with Gasteiger partial charge in [-0.25, -0.2) is 24.7 Å². The normalized spacial score (nSPS) is 20.6. The van der Waals surface area contributed by atoms with E-state index in [0.717, 1.165) is 37.7 Å². The van der Waals surface area contributed by atoms with Crippen molar-refractivity contribution in [1.29, 1.82) is 0 Å². The Labute approximate surface area is 280 Å². The van der Waals surface area contributed by atoms with Crippen LogP contribution in [-0.2, 0) is 21.1 Å². The van der Waals surface area contributed by atoms with E-state index in [1.54, 1.807) is 23.4 Å². The molecule has 49 heavy (non-hydrogen) atoms. The molecular formula is C33H37F3N8O5. The van der Waals surface area contributed by atoms with Crippen LogP contribution in [0.5, 0.6) is 5.75 Å². The molecule has 0 saturated carbocycles. The van der Waals surface area contributed by atoms with Crippen LogP contribution < -0.4 is 25.2 Å². The molecule has 3 saturated heterocycles. The van der Waals surface area contributed by atoms with E-state index in [-0.39, 0.29) is 24.9 Å². The highest BCUT2D eigenvalue weighted by atomic mass is 19.4. The fraction of sp³-hybridized carbons (Fsp3) is 0.515. The lowest BCUT2D eigenvalue weighted by Gasteiger charge is -2.35. The molecule has 3 aromatic rings. The SMILES string of the molecule is O=C(NC1(C(=O)O)CCNCC1)c1cnc(N2CC3(CCOCC3)c3cc(OC4CCN(c5ncccn5)CC4)ccc32)nc1C(F)(F)F. The van der Waals surface area contributed by atoms with E-state index in [9.17, 15) is 27.9 Å². The Kier molecular flexibility index (Phi) is 8.77. The lowest BCUT2D eigenvalue weighted by molar-refractivity contribution is -0.145. The standard InChI is InChI=1S/C33H37F3N8O5/c34-33(35,36)26-23(27(45)42-32(28(46)47)6-12-37-13-7-32)19-40-30(41-26)44-20-31(8-16-48-17-9-31)24-18-22(2-3-25(24)44)49-21-4-14-43(15-5-21)29-38-10-1-11-39-29/h1-3,10-11,18-19,21,37H,4-9,12-17,20H2,(H,42,45)(H,46,47). The maximum absolute atomic E-state index is 14.5. The van der Waals surface area contributed by atoms with Gasteiger partial charge in [0, 0.05) is 75.4 Å². The topological polar surface area (TPSA) is 155 Å². The number of carboxylic acids is 1. The minimum Gasteiger partial charge on any atom is -0.490 e. The number of aromatic nitrogens is 4. The number of ether oxygens (including phenoxy) is 2. The zero-order chi connectivity index (χ0) is 34.2. The highest BCUT2D eigenvalue weighted by Gasteiger charge is 2.47. The number of carbonyl (C=O) groups excluding carboxylic acids is 1. The van der Waals surface area contributed by atoms with E-state index < -0.39 is 40.3 Å². The number of halogens is 3. The molecular weight excluding hydrogens is 645 g/mol. The number of amides is 1. The number of nitrogens with one attached hydrogen (secondary N) is 2. The minimum atomic E-state index is -5.01. The molecule has 0 atom stereocenters. The summed E-state index contributed by atoms with van der Waals surface area (Å²) in [7, 11) is 0. The first-order valence-corrected chi connectivity index (χ1v) is 16.5. The zero-order valence-corrected chi connectivity index (χ0v) is 26.7. The highest BCUT2D eigenvalue weighted by molar-refractivity contribution is 5.99. The Bertz CT molecular complexity index is 1690. The summed E-state index contributed by atoms with van der Waals surface area (Å²) in [5, 5.41) is 15.2. The van der Waals surface area contributed by atoms with E-state index in [4.69, 9.17) is 9.47 Å². The molecule has 1 amide bonds. The quantitative estimate of drug-likeness (QED) is 0.334. The molecule has 2 aromatic heterocycles. The fourth-order valence-electron chi connectivity index (χ4n) is 7.33. The molecule has 13 nitrogen and oxygen atoms in total. The predicted octanol–water partition coefficient (Wildman–Crippen LogP) is 3.47. The number of nitrogens with zero attached hydrogens (tertiary/aromatic N) is 6. The number of hydrogen-bond donors (Lipinski definition) is 3. The molecule has 0 aliphatic carbocycles. The molecule has 6 heterocycles. The summed E-state index contributed by atoms with van der Waals surface area (Å²) < 4.78 is 55.6. The number of rotatable bonds is 7. The molecule has 1 spiro atoms. The number of carbonyl (C=O) groups is 2. The maximum atomic E-state index is 14.5. The van der Waals surface area contributed by atoms with Crippen molar-refractivity contribution >= 4 is 29.5 Å². The van der Waals surface area contributed by atoms with Gasteiger partial charge in [0.15, 0.2) is 5.69 Å². The van der Waals surface area contributed by atoms with Gasteiger partial charge in [0.2, 0.25) is 11.9 Å². The Balaban J connectivity index is 1.15. The zero-order valence-electron chi connectivity index (χ0n) is 26.7. The Morgan fingerprint density at radius 1 is 1.02 bits per heavy atom. The second-order valence-corrected chi connectivity index (χ2v) is 13.0. The second kappa shape index (κ2) is 13.0. The molecule has 0 bridgehead atoms. The van der Waals surface area contributed by atoms with E-state index in [1.165, 1.54) is 0 Å². The first kappa shape index (κ1) is 33.0. The first-order valence-electron chi connectivity index (χ1n) is 16.5. The third-order valence-corrected chi connectivity index (χ3v) is 10.1. The van der Waals surface area contributed by atoms with Crippen LogP contribution in [-0.4, -0.2) is 94.5 Å². The van der Waals surface area contributed by atoms with Crippen LogP contribution in [0.2, 0.25) is 0 Å². The van der Waals surface area contributed by atoms with E-state index >= 15 is 0 Å². The molecule has 3 fully saturated rings. The summed E-state index contributed by atoms with van der Waals surface area (Å²) in [6, 6.07) is 7.40. The first-order chi connectivity index (χ1) is 23.6. The lowest BCUT2D eigenvalue weighted by Crippen LogP contribution is -2.59. The average Bonchev–Trinajstić information content (AvgIpc) is 3.41. The number of alkyl halides is 3. The Morgan fingerprint density at radius 3 is 2.41 bits per heavy atom. The van der Waals surface area contributed by atoms with Gasteiger partial charge in [-0.1, -0.05) is 0 Å². The van der Waals surface area contributed by atoms with Crippen molar-refractivity contribution < 1.29 is 37.3 Å². The highest BCUT2D eigenvalue weighted by Crippen LogP contribution is 2.50. The molecule has 16 heteroatoms. The fourth-order valence-corrected chi connectivity index (χ4v) is 7.33. The maximum Gasteiger partial charge on any atom is 0.434 e. The van der Waals surface area contributed by atoms with E-state index in [0.29, 0.717) is 63.1 Å². The summed E-state index contributed by atoms with van der Waals surface area (Å²) in [5.41, 5.74) is -2.79. The summed E-state index contributed by atoms with van der Waals surface area (Å²) in [5.74, 6) is -1.33. The summed E-state index contributed by atoms with van der Waals surface area (Å²) >= 11 is 0. The summed E-state index contributed by atoms with van der Waals surface area (Å²) in [6.07, 6.45) is 2.15. The van der Waals surface area contributed by atoms with Gasteiger partial charge >= 0.3 is 12.1 Å². The van der Waals surface area contributed by atoms with E-state index in [1.807, 2.05) is 18.2 Å². The van der Waals surface area contributed by atoms with Crippen LogP contribution in [0, 0.1) is 0 Å². The van der Waals surface area contributed by atoms with Crippen molar-refractivity contribution in [2.45, 2.75) is 61.8 Å². The molecule has 1 aromatic carbocycles. The number of anilines is 3. The molecule has 0 radical (unpaired) electrons. The Hall–Kier alpha value is -4.57. The second-order valence-electron chi connectivity index (χ2n) is 13.0. The number of benzene rings is 1. The number of aliphatic carboxylic acids is 1. The van der Waals surface area contributed by atoms with Crippen LogP contribution in [0.1, 0.15) is 60.1 Å². The number of carboxylic acid groups (broad SMARTS) is 1. The number of piperidine rings is 2. The van der Waals surface area contributed by atoms with Gasteiger partial charge in [-0.05, 0) is 68.6 Å². The van der Waals surface area contributed by atoms with Gasteiger partial charge in [-0.2, -0.15) is 13.2 Å². The van der Waals surface area contributed by atoms with Crippen LogP contribution >= 0.6 is 0 Å². The van der Waals surface area contributed by atoms with Crippen LogP contribution in [0.15, 0.2) is 42.9 Å². The molecule has 4 aliphatic rings. The number of fused-ring (bicyclic) bond motifs is 2. The largest absolute Gasteiger partial charge is 0.490 e. The van der Waals surface area contributed by atoms with Crippen molar-refractivity contribution in [3.05, 3.63) is 59.7 Å². The van der Waals surface area contributed by atoms with Crippen molar-refractivity contribution in [2.24, 2.45) is 0 Å².